The highest BCUT2D eigenvalue weighted by Crippen LogP contribution is 2.31. The van der Waals surface area contributed by atoms with Crippen molar-refractivity contribution in [1.82, 2.24) is 4.90 Å². The van der Waals surface area contributed by atoms with Gasteiger partial charge >= 0.3 is 0 Å². The number of rotatable bonds is 8. The zero-order valence-electron chi connectivity index (χ0n) is 15.6. The molecule has 2 rings (SSSR count). The summed E-state index contributed by atoms with van der Waals surface area (Å²) in [6.07, 6.45) is 0.687. The first-order chi connectivity index (χ1) is 12.9. The van der Waals surface area contributed by atoms with Gasteiger partial charge in [0.15, 0.2) is 11.5 Å². The molecule has 0 bridgehead atoms. The number of para-hydroxylation sites is 1. The van der Waals surface area contributed by atoms with E-state index in [1.54, 1.807) is 27.3 Å². The predicted octanol–water partition coefficient (Wildman–Crippen LogP) is 2.87. The van der Waals surface area contributed by atoms with E-state index in [2.05, 4.69) is 5.32 Å². The topological polar surface area (TPSA) is 67.9 Å². The summed E-state index contributed by atoms with van der Waals surface area (Å²) in [5, 5.41) is 2.63. The summed E-state index contributed by atoms with van der Waals surface area (Å²) in [5.41, 5.74) is 1.33. The van der Waals surface area contributed by atoms with Crippen molar-refractivity contribution in [2.24, 2.45) is 0 Å². The molecule has 0 heterocycles. The summed E-state index contributed by atoms with van der Waals surface area (Å²) >= 11 is 0. The van der Waals surface area contributed by atoms with Gasteiger partial charge < -0.3 is 19.7 Å². The molecule has 0 fully saturated rings. The number of aryl methyl sites for hydroxylation is 1. The van der Waals surface area contributed by atoms with E-state index in [1.807, 2.05) is 12.1 Å². The lowest BCUT2D eigenvalue weighted by molar-refractivity contribution is -0.133. The Kier molecular flexibility index (Phi) is 7.16. The summed E-state index contributed by atoms with van der Waals surface area (Å²) in [5.74, 6) is 0.304. The lowest BCUT2D eigenvalue weighted by atomic mass is 10.1. The summed E-state index contributed by atoms with van der Waals surface area (Å²) < 4.78 is 23.5. The molecule has 27 heavy (non-hydrogen) atoms. The molecule has 0 aliphatic heterocycles. The number of ether oxygens (including phenoxy) is 2. The highest BCUT2D eigenvalue weighted by Gasteiger charge is 2.15. The predicted molar refractivity (Wildman–Crippen MR) is 101 cm³/mol. The number of hydrogen-bond donors (Lipinski definition) is 1. The monoisotopic (exact) mass is 374 g/mol. The molecule has 0 aromatic heterocycles. The number of carbonyl (C=O) groups is 2. The Morgan fingerprint density at radius 2 is 1.78 bits per heavy atom. The van der Waals surface area contributed by atoms with Crippen molar-refractivity contribution in [3.05, 3.63) is 53.8 Å². The molecule has 6 nitrogen and oxygen atoms in total. The second-order valence-electron chi connectivity index (χ2n) is 5.96. The fourth-order valence-corrected chi connectivity index (χ4v) is 2.62. The molecule has 2 aromatic carbocycles. The number of likely N-dealkylation sites (N-methyl/N-ethyl adjacent to an activating group) is 1. The minimum absolute atomic E-state index is 0.0918. The van der Waals surface area contributed by atoms with Crippen molar-refractivity contribution in [2.45, 2.75) is 12.8 Å². The van der Waals surface area contributed by atoms with Crippen LogP contribution >= 0.6 is 0 Å². The van der Waals surface area contributed by atoms with E-state index < -0.39 is 0 Å². The molecule has 2 aromatic rings. The lowest BCUT2D eigenvalue weighted by Crippen LogP contribution is -2.35. The van der Waals surface area contributed by atoms with Gasteiger partial charge in [0.2, 0.25) is 11.8 Å². The number of carbonyl (C=O) groups excluding carboxylic acids is 2. The average molecular weight is 374 g/mol. The van der Waals surface area contributed by atoms with Crippen LogP contribution in [0.5, 0.6) is 11.5 Å². The first-order valence-corrected chi connectivity index (χ1v) is 8.44. The lowest BCUT2D eigenvalue weighted by Gasteiger charge is -2.18. The Morgan fingerprint density at radius 3 is 2.41 bits per heavy atom. The van der Waals surface area contributed by atoms with Crippen LogP contribution in [0.4, 0.5) is 10.1 Å². The van der Waals surface area contributed by atoms with E-state index in [9.17, 15) is 14.0 Å². The molecule has 0 saturated carbocycles. The van der Waals surface area contributed by atoms with Crippen LogP contribution in [0.25, 0.3) is 0 Å². The Morgan fingerprint density at radius 1 is 1.07 bits per heavy atom. The van der Waals surface area contributed by atoms with Gasteiger partial charge in [0.25, 0.3) is 0 Å². The zero-order valence-corrected chi connectivity index (χ0v) is 15.6. The van der Waals surface area contributed by atoms with E-state index in [1.165, 1.54) is 29.2 Å². The number of hydrogen-bond acceptors (Lipinski definition) is 4. The molecular weight excluding hydrogens is 351 g/mol. The Bertz CT molecular complexity index is 793. The minimum Gasteiger partial charge on any atom is -0.493 e. The number of benzene rings is 2. The van der Waals surface area contributed by atoms with E-state index in [4.69, 9.17) is 9.47 Å². The Hall–Kier alpha value is -3.09. The fourth-order valence-electron chi connectivity index (χ4n) is 2.62. The molecule has 2 amide bonds. The summed E-state index contributed by atoms with van der Waals surface area (Å²) in [7, 11) is 4.67. The standard InChI is InChI=1S/C20H23FN2O4/c1-23(13-18(24)22-16-10-8-15(21)9-11-16)19(25)12-7-14-5-4-6-17(26-2)20(14)27-3/h4-6,8-11H,7,12-13H2,1-3H3,(H,22,24). The summed E-state index contributed by atoms with van der Waals surface area (Å²) in [6, 6.07) is 10.9. The van der Waals surface area contributed by atoms with Crippen LogP contribution < -0.4 is 14.8 Å². The van der Waals surface area contributed by atoms with Gasteiger partial charge in [-0.2, -0.15) is 0 Å². The number of nitrogens with one attached hydrogen (secondary N) is 1. The average Bonchev–Trinajstić information content (AvgIpc) is 2.67. The highest BCUT2D eigenvalue weighted by atomic mass is 19.1. The molecule has 0 atom stereocenters. The zero-order chi connectivity index (χ0) is 19.8. The van der Waals surface area contributed by atoms with Crippen molar-refractivity contribution in [1.29, 1.82) is 0 Å². The Labute approximate surface area is 157 Å². The van der Waals surface area contributed by atoms with E-state index in [0.29, 0.717) is 23.6 Å². The first kappa shape index (κ1) is 20.2. The van der Waals surface area contributed by atoms with Crippen LogP contribution in [-0.4, -0.2) is 44.5 Å². The van der Waals surface area contributed by atoms with Crippen molar-refractivity contribution in [3.63, 3.8) is 0 Å². The van der Waals surface area contributed by atoms with Crippen LogP contribution in [0.15, 0.2) is 42.5 Å². The number of halogens is 1. The van der Waals surface area contributed by atoms with E-state index in [-0.39, 0.29) is 30.6 Å². The second kappa shape index (κ2) is 9.56. The fraction of sp³-hybridized carbons (Fsp3) is 0.300. The maximum atomic E-state index is 12.9. The Balaban J connectivity index is 1.88. The van der Waals surface area contributed by atoms with Gasteiger partial charge in [-0.25, -0.2) is 4.39 Å². The van der Waals surface area contributed by atoms with Gasteiger partial charge in [-0.15, -0.1) is 0 Å². The molecule has 7 heteroatoms. The van der Waals surface area contributed by atoms with Crippen molar-refractivity contribution in [2.75, 3.05) is 33.1 Å². The maximum absolute atomic E-state index is 12.9. The molecule has 0 unspecified atom stereocenters. The van der Waals surface area contributed by atoms with Crippen LogP contribution in [0, 0.1) is 5.82 Å². The quantitative estimate of drug-likeness (QED) is 0.772. The molecule has 1 N–H and O–H groups in total. The van der Waals surface area contributed by atoms with Gasteiger partial charge in [0, 0.05) is 19.2 Å². The van der Waals surface area contributed by atoms with Gasteiger partial charge in [0.05, 0.1) is 20.8 Å². The molecule has 0 aliphatic rings. The second-order valence-corrected chi connectivity index (χ2v) is 5.96. The molecule has 0 radical (unpaired) electrons. The largest absolute Gasteiger partial charge is 0.493 e. The van der Waals surface area contributed by atoms with E-state index >= 15 is 0 Å². The van der Waals surface area contributed by atoms with Crippen LogP contribution in [0.3, 0.4) is 0 Å². The molecular formula is C20H23FN2O4. The van der Waals surface area contributed by atoms with Crippen molar-refractivity contribution >= 4 is 17.5 Å². The van der Waals surface area contributed by atoms with Crippen LogP contribution in [0.1, 0.15) is 12.0 Å². The van der Waals surface area contributed by atoms with E-state index in [0.717, 1.165) is 5.56 Å². The molecule has 144 valence electrons. The summed E-state index contributed by atoms with van der Waals surface area (Å²) in [6.45, 7) is -0.0918. The van der Waals surface area contributed by atoms with Crippen LogP contribution in [-0.2, 0) is 16.0 Å². The maximum Gasteiger partial charge on any atom is 0.243 e. The molecule has 0 aliphatic carbocycles. The van der Waals surface area contributed by atoms with Crippen molar-refractivity contribution < 1.29 is 23.5 Å². The van der Waals surface area contributed by atoms with Crippen molar-refractivity contribution in [3.8, 4) is 11.5 Å². The third-order valence-corrected chi connectivity index (χ3v) is 4.03. The van der Waals surface area contributed by atoms with Gasteiger partial charge in [-0.3, -0.25) is 9.59 Å². The molecule has 0 spiro atoms. The highest BCUT2D eigenvalue weighted by molar-refractivity contribution is 5.94. The number of methoxy groups -OCH3 is 2. The molecule has 0 saturated heterocycles. The van der Waals surface area contributed by atoms with Crippen LogP contribution in [0.2, 0.25) is 0 Å². The number of anilines is 1. The van der Waals surface area contributed by atoms with Gasteiger partial charge in [-0.1, -0.05) is 12.1 Å². The number of nitrogens with zero attached hydrogens (tertiary/aromatic N) is 1. The SMILES string of the molecule is COc1cccc(CCC(=O)N(C)CC(=O)Nc2ccc(F)cc2)c1OC. The third-order valence-electron chi connectivity index (χ3n) is 4.03. The third kappa shape index (κ3) is 5.70. The minimum atomic E-state index is -0.381. The van der Waals surface area contributed by atoms with Gasteiger partial charge in [0.1, 0.15) is 5.82 Å². The number of amides is 2. The van der Waals surface area contributed by atoms with Gasteiger partial charge in [-0.05, 0) is 42.3 Å². The normalized spacial score (nSPS) is 10.2. The smallest absolute Gasteiger partial charge is 0.243 e. The first-order valence-electron chi connectivity index (χ1n) is 8.44. The summed E-state index contributed by atoms with van der Waals surface area (Å²) in [4.78, 5) is 25.7.